The van der Waals surface area contributed by atoms with E-state index in [0.29, 0.717) is 0 Å². The van der Waals surface area contributed by atoms with Crippen molar-refractivity contribution in [3.63, 3.8) is 0 Å². The highest BCUT2D eigenvalue weighted by molar-refractivity contribution is 5.62. The molecule has 1 rings (SSSR count). The summed E-state index contributed by atoms with van der Waals surface area (Å²) >= 11 is 0. The maximum absolute atomic E-state index is 11.1. The SMILES string of the molecule is COc1c(C)cc(C(C=O)N(C)C)cc1C. The number of aldehydes is 1. The normalized spacial score (nSPS) is 12.6. The van der Waals surface area contributed by atoms with Crippen molar-refractivity contribution in [1.82, 2.24) is 4.90 Å². The summed E-state index contributed by atoms with van der Waals surface area (Å²) in [6.45, 7) is 3.99. The average Bonchev–Trinajstić information content (AvgIpc) is 2.17. The van der Waals surface area contributed by atoms with Crippen LogP contribution in [0.3, 0.4) is 0 Å². The third kappa shape index (κ3) is 2.42. The van der Waals surface area contributed by atoms with Crippen LogP contribution in [0.1, 0.15) is 22.7 Å². The van der Waals surface area contributed by atoms with Crippen LogP contribution in [0.5, 0.6) is 5.75 Å². The van der Waals surface area contributed by atoms with Crippen molar-refractivity contribution in [3.8, 4) is 5.75 Å². The van der Waals surface area contributed by atoms with Crippen molar-refractivity contribution in [2.75, 3.05) is 21.2 Å². The van der Waals surface area contributed by atoms with Gasteiger partial charge in [0.2, 0.25) is 0 Å². The molecule has 3 heteroatoms. The summed E-state index contributed by atoms with van der Waals surface area (Å²) in [7, 11) is 5.46. The smallest absolute Gasteiger partial charge is 0.141 e. The largest absolute Gasteiger partial charge is 0.496 e. The number of nitrogens with zero attached hydrogens (tertiary/aromatic N) is 1. The second-order valence-corrected chi connectivity index (χ2v) is 4.23. The molecule has 0 aliphatic heterocycles. The lowest BCUT2D eigenvalue weighted by molar-refractivity contribution is -0.111. The maximum atomic E-state index is 11.1. The Hall–Kier alpha value is -1.35. The van der Waals surface area contributed by atoms with E-state index in [9.17, 15) is 4.79 Å². The Bertz CT molecular complexity index is 363. The number of benzene rings is 1. The van der Waals surface area contributed by atoms with Crippen LogP contribution in [-0.2, 0) is 4.79 Å². The molecular weight excluding hydrogens is 202 g/mol. The fourth-order valence-electron chi connectivity index (χ4n) is 1.97. The van der Waals surface area contributed by atoms with E-state index in [1.54, 1.807) is 7.11 Å². The summed E-state index contributed by atoms with van der Waals surface area (Å²) in [5.41, 5.74) is 3.13. The van der Waals surface area contributed by atoms with Crippen molar-refractivity contribution in [3.05, 3.63) is 28.8 Å². The van der Waals surface area contributed by atoms with Gasteiger partial charge in [0, 0.05) is 0 Å². The Morgan fingerprint density at radius 2 is 1.75 bits per heavy atom. The Kier molecular flexibility index (Phi) is 4.07. The summed E-state index contributed by atoms with van der Waals surface area (Å²) in [6.07, 6.45) is 0.959. The van der Waals surface area contributed by atoms with Crippen molar-refractivity contribution in [1.29, 1.82) is 0 Å². The van der Waals surface area contributed by atoms with Crippen molar-refractivity contribution < 1.29 is 9.53 Å². The van der Waals surface area contributed by atoms with Gasteiger partial charge >= 0.3 is 0 Å². The predicted molar refractivity (Wildman–Crippen MR) is 65.0 cm³/mol. The molecule has 0 aliphatic carbocycles. The van der Waals surface area contributed by atoms with Crippen molar-refractivity contribution in [2.45, 2.75) is 19.9 Å². The van der Waals surface area contributed by atoms with E-state index in [2.05, 4.69) is 0 Å². The summed E-state index contributed by atoms with van der Waals surface area (Å²) in [4.78, 5) is 12.9. The first-order valence-electron chi connectivity index (χ1n) is 5.28. The molecule has 0 aromatic heterocycles. The van der Waals surface area contributed by atoms with E-state index in [0.717, 1.165) is 28.7 Å². The second-order valence-electron chi connectivity index (χ2n) is 4.23. The van der Waals surface area contributed by atoms with E-state index >= 15 is 0 Å². The van der Waals surface area contributed by atoms with Crippen molar-refractivity contribution >= 4 is 6.29 Å². The quantitative estimate of drug-likeness (QED) is 0.729. The fraction of sp³-hybridized carbons (Fsp3) is 0.462. The Balaban J connectivity index is 3.21. The third-order valence-corrected chi connectivity index (χ3v) is 2.71. The lowest BCUT2D eigenvalue weighted by Gasteiger charge is -2.20. The molecule has 1 aromatic carbocycles. The Morgan fingerprint density at radius 1 is 1.25 bits per heavy atom. The van der Waals surface area contributed by atoms with Crippen LogP contribution in [0.15, 0.2) is 12.1 Å². The van der Waals surface area contributed by atoms with Gasteiger partial charge in [-0.15, -0.1) is 0 Å². The number of hydrogen-bond donors (Lipinski definition) is 0. The molecule has 1 unspecified atom stereocenters. The van der Waals surface area contributed by atoms with Crippen molar-refractivity contribution in [2.24, 2.45) is 0 Å². The number of likely N-dealkylation sites (N-methyl/N-ethyl adjacent to an activating group) is 1. The minimum absolute atomic E-state index is 0.191. The first kappa shape index (κ1) is 12.7. The van der Waals surface area contributed by atoms with Gasteiger partial charge in [-0.2, -0.15) is 0 Å². The first-order valence-corrected chi connectivity index (χ1v) is 5.28. The lowest BCUT2D eigenvalue weighted by atomic mass is 10.0. The molecule has 0 radical (unpaired) electrons. The van der Waals surface area contributed by atoms with Gasteiger partial charge in [-0.25, -0.2) is 0 Å². The molecule has 1 aromatic rings. The predicted octanol–water partition coefficient (Wildman–Crippen LogP) is 2.11. The van der Waals surface area contributed by atoms with Crippen LogP contribution in [0, 0.1) is 13.8 Å². The molecule has 0 saturated heterocycles. The number of rotatable bonds is 4. The zero-order valence-electron chi connectivity index (χ0n) is 10.6. The zero-order chi connectivity index (χ0) is 12.3. The topological polar surface area (TPSA) is 29.5 Å². The number of methoxy groups -OCH3 is 1. The molecule has 0 fully saturated rings. The monoisotopic (exact) mass is 221 g/mol. The molecule has 0 spiro atoms. The van der Waals surface area contributed by atoms with Gasteiger partial charge in [0.1, 0.15) is 12.0 Å². The van der Waals surface area contributed by atoms with E-state index < -0.39 is 0 Å². The van der Waals surface area contributed by atoms with Gasteiger partial charge < -0.3 is 9.53 Å². The summed E-state index contributed by atoms with van der Waals surface area (Å²) < 4.78 is 5.30. The average molecular weight is 221 g/mol. The maximum Gasteiger partial charge on any atom is 0.141 e. The highest BCUT2D eigenvalue weighted by Crippen LogP contribution is 2.27. The van der Waals surface area contributed by atoms with Gasteiger partial charge in [0.05, 0.1) is 13.2 Å². The number of carbonyl (C=O) groups excluding carboxylic acids is 1. The molecule has 0 aliphatic rings. The molecule has 0 N–H and O–H groups in total. The molecule has 0 saturated carbocycles. The number of hydrogen-bond acceptors (Lipinski definition) is 3. The Labute approximate surface area is 97.0 Å². The van der Waals surface area contributed by atoms with Gasteiger partial charge in [-0.3, -0.25) is 4.90 Å². The van der Waals surface area contributed by atoms with Gasteiger partial charge in [0.15, 0.2) is 0 Å². The van der Waals surface area contributed by atoms with Crippen LogP contribution >= 0.6 is 0 Å². The molecule has 16 heavy (non-hydrogen) atoms. The van der Waals surface area contributed by atoms with E-state index in [1.165, 1.54) is 0 Å². The molecule has 3 nitrogen and oxygen atoms in total. The van der Waals surface area contributed by atoms with Gasteiger partial charge in [-0.05, 0) is 44.6 Å². The highest BCUT2D eigenvalue weighted by atomic mass is 16.5. The molecular formula is C13H19NO2. The Morgan fingerprint density at radius 3 is 2.06 bits per heavy atom. The van der Waals surface area contributed by atoms with Crippen LogP contribution in [0.2, 0.25) is 0 Å². The number of ether oxygens (including phenoxy) is 1. The summed E-state index contributed by atoms with van der Waals surface area (Å²) in [5, 5.41) is 0. The molecule has 0 amide bonds. The zero-order valence-corrected chi connectivity index (χ0v) is 10.6. The summed E-state index contributed by atoms with van der Waals surface area (Å²) in [6, 6.07) is 3.82. The van der Waals surface area contributed by atoms with Gasteiger partial charge in [-0.1, -0.05) is 12.1 Å². The molecule has 0 heterocycles. The second kappa shape index (κ2) is 5.12. The molecule has 0 bridgehead atoms. The van der Waals surface area contributed by atoms with E-state index in [1.807, 2.05) is 45.0 Å². The molecule has 88 valence electrons. The molecule has 1 atom stereocenters. The fourth-order valence-corrected chi connectivity index (χ4v) is 1.97. The van der Waals surface area contributed by atoms with Crippen LogP contribution in [-0.4, -0.2) is 32.4 Å². The lowest BCUT2D eigenvalue weighted by Crippen LogP contribution is -2.21. The third-order valence-electron chi connectivity index (χ3n) is 2.71. The van der Waals surface area contributed by atoms with E-state index in [-0.39, 0.29) is 6.04 Å². The minimum Gasteiger partial charge on any atom is -0.496 e. The number of carbonyl (C=O) groups is 1. The number of aryl methyl sites for hydroxylation is 2. The van der Waals surface area contributed by atoms with Crippen LogP contribution in [0.25, 0.3) is 0 Å². The van der Waals surface area contributed by atoms with E-state index in [4.69, 9.17) is 4.74 Å². The standard InChI is InChI=1S/C13H19NO2/c1-9-6-11(12(8-15)14(3)4)7-10(2)13(9)16-5/h6-8,12H,1-5H3. The van der Waals surface area contributed by atoms with Gasteiger partial charge in [0.25, 0.3) is 0 Å². The first-order chi connectivity index (χ1) is 7.51. The minimum atomic E-state index is -0.191. The van der Waals surface area contributed by atoms with Crippen LogP contribution in [0.4, 0.5) is 0 Å². The highest BCUT2D eigenvalue weighted by Gasteiger charge is 2.15. The van der Waals surface area contributed by atoms with Crippen LogP contribution < -0.4 is 4.74 Å². The summed E-state index contributed by atoms with van der Waals surface area (Å²) in [5.74, 6) is 0.896.